The Labute approximate surface area is 116 Å². The van der Waals surface area contributed by atoms with E-state index in [4.69, 9.17) is 0 Å². The van der Waals surface area contributed by atoms with Crippen LogP contribution in [0.25, 0.3) is 0 Å². The van der Waals surface area contributed by atoms with Gasteiger partial charge in [0.25, 0.3) is 0 Å². The second kappa shape index (κ2) is 5.59. The van der Waals surface area contributed by atoms with Gasteiger partial charge in [0.05, 0.1) is 0 Å². The maximum absolute atomic E-state index is 4.13. The molecule has 1 aromatic heterocycles. The Morgan fingerprint density at radius 3 is 2.58 bits per heavy atom. The Balaban J connectivity index is 1.71. The molecular formula is C16H25N3. The predicted molar refractivity (Wildman–Crippen MR) is 78.1 cm³/mol. The lowest BCUT2D eigenvalue weighted by Gasteiger charge is -2.31. The van der Waals surface area contributed by atoms with Crippen molar-refractivity contribution in [1.29, 1.82) is 0 Å². The smallest absolute Gasteiger partial charge is 0.0292 e. The number of likely N-dealkylation sites (tertiary alicyclic amines) is 1. The van der Waals surface area contributed by atoms with Gasteiger partial charge in [0.2, 0.25) is 0 Å². The first-order chi connectivity index (χ1) is 9.24. The topological polar surface area (TPSA) is 19.4 Å². The van der Waals surface area contributed by atoms with Gasteiger partial charge in [-0.15, -0.1) is 0 Å². The minimum Gasteiger partial charge on any atom is -0.305 e. The minimum atomic E-state index is 0.679. The van der Waals surface area contributed by atoms with Crippen molar-refractivity contribution in [3.05, 3.63) is 30.1 Å². The van der Waals surface area contributed by atoms with Gasteiger partial charge in [-0.05, 0) is 63.4 Å². The van der Waals surface area contributed by atoms with Crippen molar-refractivity contribution in [1.82, 2.24) is 14.8 Å². The lowest BCUT2D eigenvalue weighted by atomic mass is 10.00. The maximum Gasteiger partial charge on any atom is 0.0292 e. The summed E-state index contributed by atoms with van der Waals surface area (Å²) in [7, 11) is 4.45. The van der Waals surface area contributed by atoms with Crippen molar-refractivity contribution in [3.63, 3.8) is 0 Å². The van der Waals surface area contributed by atoms with E-state index in [0.29, 0.717) is 12.1 Å². The molecule has 1 aliphatic carbocycles. The van der Waals surface area contributed by atoms with Crippen LogP contribution in [0.4, 0.5) is 0 Å². The molecule has 2 aliphatic rings. The molecule has 3 nitrogen and oxygen atoms in total. The van der Waals surface area contributed by atoms with Gasteiger partial charge in [-0.3, -0.25) is 9.88 Å². The van der Waals surface area contributed by atoms with Crippen molar-refractivity contribution < 1.29 is 0 Å². The Bertz CT molecular complexity index is 400. The third-order valence-electron chi connectivity index (χ3n) is 4.67. The molecule has 1 aromatic rings. The monoisotopic (exact) mass is 259 g/mol. The van der Waals surface area contributed by atoms with Crippen LogP contribution in [0.15, 0.2) is 24.5 Å². The first-order valence-corrected chi connectivity index (χ1v) is 7.53. The van der Waals surface area contributed by atoms with Gasteiger partial charge in [0.1, 0.15) is 0 Å². The van der Waals surface area contributed by atoms with Crippen molar-refractivity contribution >= 4 is 0 Å². The summed E-state index contributed by atoms with van der Waals surface area (Å²) in [6, 6.07) is 5.71. The second-order valence-electron chi connectivity index (χ2n) is 6.38. The number of rotatable bonds is 5. The van der Waals surface area contributed by atoms with E-state index in [9.17, 15) is 0 Å². The largest absolute Gasteiger partial charge is 0.305 e. The lowest BCUT2D eigenvalue weighted by molar-refractivity contribution is 0.178. The van der Waals surface area contributed by atoms with Crippen LogP contribution in [0.5, 0.6) is 0 Å². The average Bonchev–Trinajstić information content (AvgIpc) is 3.13. The number of pyridine rings is 1. The normalized spacial score (nSPS) is 28.2. The Morgan fingerprint density at radius 1 is 1.21 bits per heavy atom. The van der Waals surface area contributed by atoms with Crippen LogP contribution in [-0.4, -0.2) is 54.1 Å². The summed E-state index contributed by atoms with van der Waals surface area (Å²) in [6.45, 7) is 2.59. The van der Waals surface area contributed by atoms with Gasteiger partial charge < -0.3 is 4.90 Å². The Kier molecular flexibility index (Phi) is 3.85. The van der Waals surface area contributed by atoms with E-state index in [1.54, 1.807) is 0 Å². The molecule has 104 valence electrons. The molecule has 19 heavy (non-hydrogen) atoms. The zero-order valence-corrected chi connectivity index (χ0v) is 12.1. The molecule has 0 radical (unpaired) electrons. The van der Waals surface area contributed by atoms with E-state index < -0.39 is 0 Å². The summed E-state index contributed by atoms with van der Waals surface area (Å²) >= 11 is 0. The number of aromatic nitrogens is 1. The van der Waals surface area contributed by atoms with Crippen molar-refractivity contribution in [3.8, 4) is 0 Å². The molecule has 2 fully saturated rings. The molecule has 1 aliphatic heterocycles. The van der Waals surface area contributed by atoms with Crippen LogP contribution in [0, 0.1) is 5.92 Å². The minimum absolute atomic E-state index is 0.679. The molecule has 0 amide bonds. The van der Waals surface area contributed by atoms with Crippen LogP contribution in [-0.2, 0) is 6.42 Å². The van der Waals surface area contributed by atoms with E-state index in [1.807, 2.05) is 12.4 Å². The van der Waals surface area contributed by atoms with E-state index in [-0.39, 0.29) is 0 Å². The summed E-state index contributed by atoms with van der Waals surface area (Å²) in [5, 5.41) is 0. The van der Waals surface area contributed by atoms with Crippen molar-refractivity contribution in [2.45, 2.75) is 37.8 Å². The van der Waals surface area contributed by atoms with Crippen molar-refractivity contribution in [2.24, 2.45) is 5.92 Å². The fraction of sp³-hybridized carbons (Fsp3) is 0.688. The second-order valence-corrected chi connectivity index (χ2v) is 6.38. The Hall–Kier alpha value is -0.930. The van der Waals surface area contributed by atoms with Crippen LogP contribution in [0.3, 0.4) is 0 Å². The molecule has 0 N–H and O–H groups in total. The predicted octanol–water partition coefficient (Wildman–Crippen LogP) is 2.04. The lowest BCUT2D eigenvalue weighted by Crippen LogP contribution is -2.44. The summed E-state index contributed by atoms with van der Waals surface area (Å²) in [6.07, 6.45) is 9.21. The van der Waals surface area contributed by atoms with Crippen LogP contribution in [0.2, 0.25) is 0 Å². The fourth-order valence-corrected chi connectivity index (χ4v) is 3.39. The number of hydrogen-bond acceptors (Lipinski definition) is 3. The molecule has 0 aromatic carbocycles. The summed E-state index contributed by atoms with van der Waals surface area (Å²) in [5.41, 5.74) is 1.43. The van der Waals surface area contributed by atoms with Gasteiger partial charge in [-0.2, -0.15) is 0 Å². The summed E-state index contributed by atoms with van der Waals surface area (Å²) in [4.78, 5) is 9.28. The third kappa shape index (κ3) is 3.15. The van der Waals surface area contributed by atoms with E-state index >= 15 is 0 Å². The van der Waals surface area contributed by atoms with Crippen LogP contribution < -0.4 is 0 Å². The van der Waals surface area contributed by atoms with E-state index in [2.05, 4.69) is 41.0 Å². The first-order valence-electron chi connectivity index (χ1n) is 7.53. The maximum atomic E-state index is 4.13. The zero-order valence-electron chi connectivity index (χ0n) is 12.1. The molecule has 3 heteroatoms. The van der Waals surface area contributed by atoms with Gasteiger partial charge >= 0.3 is 0 Å². The molecular weight excluding hydrogens is 234 g/mol. The number of likely N-dealkylation sites (N-methyl/N-ethyl adjacent to an activating group) is 1. The van der Waals surface area contributed by atoms with Gasteiger partial charge in [-0.25, -0.2) is 0 Å². The highest BCUT2D eigenvalue weighted by Crippen LogP contribution is 2.33. The zero-order chi connectivity index (χ0) is 13.2. The van der Waals surface area contributed by atoms with E-state index in [1.165, 1.54) is 37.9 Å². The van der Waals surface area contributed by atoms with Gasteiger partial charge in [0.15, 0.2) is 0 Å². The molecule has 0 spiro atoms. The van der Waals surface area contributed by atoms with Crippen LogP contribution >= 0.6 is 0 Å². The fourth-order valence-electron chi connectivity index (χ4n) is 3.39. The quantitative estimate of drug-likeness (QED) is 0.806. The molecule has 0 bridgehead atoms. The van der Waals surface area contributed by atoms with Crippen LogP contribution in [0.1, 0.15) is 24.8 Å². The molecule has 1 saturated heterocycles. The summed E-state index contributed by atoms with van der Waals surface area (Å²) in [5.74, 6) is 0.987. The van der Waals surface area contributed by atoms with E-state index in [0.717, 1.165) is 12.3 Å². The highest BCUT2D eigenvalue weighted by atomic mass is 15.3. The average molecular weight is 259 g/mol. The number of nitrogens with zero attached hydrogens (tertiary/aromatic N) is 3. The van der Waals surface area contributed by atoms with Crippen molar-refractivity contribution in [2.75, 3.05) is 27.2 Å². The summed E-state index contributed by atoms with van der Waals surface area (Å²) < 4.78 is 0. The molecule has 2 heterocycles. The third-order valence-corrected chi connectivity index (χ3v) is 4.67. The Morgan fingerprint density at radius 2 is 1.95 bits per heavy atom. The first kappa shape index (κ1) is 13.1. The molecule has 3 rings (SSSR count). The molecule has 1 saturated carbocycles. The highest BCUT2D eigenvalue weighted by Gasteiger charge is 2.37. The SMILES string of the molecule is CN(C)[C@@H]1CCN(CC2CC2)[C@H]1Cc1ccncc1. The van der Waals surface area contributed by atoms with Gasteiger partial charge in [0, 0.05) is 37.6 Å². The standard InChI is InChI=1S/C16H25N3/c1-18(2)15-7-10-19(12-14-3-4-14)16(15)11-13-5-8-17-9-6-13/h5-6,8-9,14-16H,3-4,7,10-12H2,1-2H3/t15-,16+/m1/s1. The highest BCUT2D eigenvalue weighted by molar-refractivity contribution is 5.13. The number of hydrogen-bond donors (Lipinski definition) is 0. The molecule has 0 unspecified atom stereocenters. The van der Waals surface area contributed by atoms with Gasteiger partial charge in [-0.1, -0.05) is 0 Å². The molecule has 2 atom stereocenters.